The lowest BCUT2D eigenvalue weighted by atomic mass is 9.86. The van der Waals surface area contributed by atoms with Crippen LogP contribution in [0, 0.1) is 5.82 Å². The SMILES string of the molecule is O=C1OCc2c1cc1cc(OCc3cccc(C4(O)CCOCC4)c3)ccc1c2-c1ccc(F)cc1. The fourth-order valence-electron chi connectivity index (χ4n) is 5.13. The molecule has 5 nitrogen and oxygen atoms in total. The first kappa shape index (κ1) is 22.7. The largest absolute Gasteiger partial charge is 0.489 e. The highest BCUT2D eigenvalue weighted by Crippen LogP contribution is 2.39. The van der Waals surface area contributed by atoms with E-state index in [-0.39, 0.29) is 18.4 Å². The third kappa shape index (κ3) is 4.12. The van der Waals surface area contributed by atoms with Crippen LogP contribution in [0.4, 0.5) is 4.39 Å². The Morgan fingerprint density at radius 1 is 0.972 bits per heavy atom. The second-order valence-electron chi connectivity index (χ2n) is 9.38. The number of halogens is 1. The predicted molar refractivity (Wildman–Crippen MR) is 133 cm³/mol. The van der Waals surface area contributed by atoms with E-state index in [4.69, 9.17) is 14.2 Å². The van der Waals surface area contributed by atoms with Gasteiger partial charge in [0.2, 0.25) is 0 Å². The monoisotopic (exact) mass is 484 g/mol. The Balaban J connectivity index is 1.31. The molecule has 1 saturated heterocycles. The van der Waals surface area contributed by atoms with E-state index in [0.29, 0.717) is 44.0 Å². The smallest absolute Gasteiger partial charge is 0.338 e. The van der Waals surface area contributed by atoms with Gasteiger partial charge in [0, 0.05) is 31.6 Å². The van der Waals surface area contributed by atoms with Gasteiger partial charge in [-0.05, 0) is 69.4 Å². The van der Waals surface area contributed by atoms with Crippen LogP contribution in [0.25, 0.3) is 21.9 Å². The number of aliphatic hydroxyl groups is 1. The number of hydrogen-bond donors (Lipinski definition) is 1. The number of carbonyl (C=O) groups is 1. The van der Waals surface area contributed by atoms with E-state index in [1.807, 2.05) is 48.5 Å². The fourth-order valence-corrected chi connectivity index (χ4v) is 5.13. The van der Waals surface area contributed by atoms with Crippen LogP contribution in [0.1, 0.15) is 39.9 Å². The Hall–Kier alpha value is -3.74. The molecule has 1 fully saturated rings. The summed E-state index contributed by atoms with van der Waals surface area (Å²) in [7, 11) is 0. The maximum Gasteiger partial charge on any atom is 0.338 e. The van der Waals surface area contributed by atoms with Crippen molar-refractivity contribution in [1.29, 1.82) is 0 Å². The van der Waals surface area contributed by atoms with Gasteiger partial charge in [-0.15, -0.1) is 0 Å². The maximum atomic E-state index is 13.6. The Labute approximate surface area is 208 Å². The van der Waals surface area contributed by atoms with Crippen LogP contribution in [-0.4, -0.2) is 24.3 Å². The molecule has 0 aliphatic carbocycles. The molecule has 0 bridgehead atoms. The van der Waals surface area contributed by atoms with Crippen molar-refractivity contribution in [1.82, 2.24) is 0 Å². The van der Waals surface area contributed by atoms with Crippen molar-refractivity contribution in [3.05, 3.63) is 101 Å². The van der Waals surface area contributed by atoms with Crippen molar-refractivity contribution >= 4 is 16.7 Å². The molecule has 4 aromatic rings. The number of hydrogen-bond acceptors (Lipinski definition) is 5. The van der Waals surface area contributed by atoms with E-state index in [9.17, 15) is 14.3 Å². The van der Waals surface area contributed by atoms with E-state index in [1.165, 1.54) is 12.1 Å². The summed E-state index contributed by atoms with van der Waals surface area (Å²) in [6, 6.07) is 21.7. The Morgan fingerprint density at radius 2 is 1.78 bits per heavy atom. The van der Waals surface area contributed by atoms with Crippen molar-refractivity contribution in [2.45, 2.75) is 31.7 Å². The third-order valence-electron chi connectivity index (χ3n) is 7.11. The lowest BCUT2D eigenvalue weighted by Gasteiger charge is -2.32. The summed E-state index contributed by atoms with van der Waals surface area (Å²) >= 11 is 0. The van der Waals surface area contributed by atoms with Crippen LogP contribution in [0.2, 0.25) is 0 Å². The second kappa shape index (κ2) is 9.04. The first-order chi connectivity index (χ1) is 17.5. The fraction of sp³-hybridized carbons (Fsp3) is 0.233. The van der Waals surface area contributed by atoms with E-state index in [2.05, 4.69) is 0 Å². The molecule has 0 radical (unpaired) electrons. The van der Waals surface area contributed by atoms with Crippen molar-refractivity contribution in [3.63, 3.8) is 0 Å². The molecular formula is C30H25FO5. The molecule has 0 aromatic heterocycles. The molecule has 182 valence electrons. The average Bonchev–Trinajstić information content (AvgIpc) is 3.27. The van der Waals surface area contributed by atoms with E-state index in [0.717, 1.165) is 38.6 Å². The quantitative estimate of drug-likeness (QED) is 0.358. The van der Waals surface area contributed by atoms with Gasteiger partial charge in [0.15, 0.2) is 0 Å². The molecule has 6 heteroatoms. The normalized spacial score (nSPS) is 16.6. The van der Waals surface area contributed by atoms with Crippen molar-refractivity contribution < 1.29 is 28.5 Å². The van der Waals surface area contributed by atoms with Gasteiger partial charge in [0.25, 0.3) is 0 Å². The molecule has 2 aliphatic rings. The molecule has 0 unspecified atom stereocenters. The van der Waals surface area contributed by atoms with Gasteiger partial charge in [-0.2, -0.15) is 0 Å². The lowest BCUT2D eigenvalue weighted by Crippen LogP contribution is -2.33. The van der Waals surface area contributed by atoms with Gasteiger partial charge < -0.3 is 19.3 Å². The number of esters is 1. The van der Waals surface area contributed by atoms with Crippen LogP contribution in [-0.2, 0) is 28.3 Å². The van der Waals surface area contributed by atoms with Gasteiger partial charge in [-0.25, -0.2) is 9.18 Å². The van der Waals surface area contributed by atoms with Crippen LogP contribution in [0.5, 0.6) is 5.75 Å². The number of rotatable bonds is 5. The van der Waals surface area contributed by atoms with Gasteiger partial charge in [-0.3, -0.25) is 0 Å². The molecule has 2 aliphatic heterocycles. The van der Waals surface area contributed by atoms with Crippen molar-refractivity contribution in [2.75, 3.05) is 13.2 Å². The minimum atomic E-state index is -0.872. The van der Waals surface area contributed by atoms with Gasteiger partial charge in [0.1, 0.15) is 24.8 Å². The zero-order valence-electron chi connectivity index (χ0n) is 19.6. The maximum absolute atomic E-state index is 13.6. The zero-order chi connectivity index (χ0) is 24.7. The minimum absolute atomic E-state index is 0.198. The third-order valence-corrected chi connectivity index (χ3v) is 7.11. The minimum Gasteiger partial charge on any atom is -0.489 e. The molecule has 0 amide bonds. The molecule has 0 spiro atoms. The van der Waals surface area contributed by atoms with Gasteiger partial charge >= 0.3 is 5.97 Å². The van der Waals surface area contributed by atoms with Crippen LogP contribution in [0.15, 0.2) is 72.8 Å². The average molecular weight is 485 g/mol. The highest BCUT2D eigenvalue weighted by Gasteiger charge is 2.32. The van der Waals surface area contributed by atoms with Crippen LogP contribution in [0.3, 0.4) is 0 Å². The molecular weight excluding hydrogens is 459 g/mol. The van der Waals surface area contributed by atoms with E-state index in [1.54, 1.807) is 12.1 Å². The number of benzene rings is 4. The lowest BCUT2D eigenvalue weighted by molar-refractivity contribution is -0.0679. The number of cyclic esters (lactones) is 1. The zero-order valence-corrected chi connectivity index (χ0v) is 19.6. The summed E-state index contributed by atoms with van der Waals surface area (Å²) in [5, 5.41) is 12.8. The summed E-state index contributed by atoms with van der Waals surface area (Å²) in [5.41, 5.74) is 4.00. The van der Waals surface area contributed by atoms with Crippen molar-refractivity contribution in [2.24, 2.45) is 0 Å². The number of ether oxygens (including phenoxy) is 3. The van der Waals surface area contributed by atoms with E-state index < -0.39 is 5.60 Å². The Bertz CT molecular complexity index is 1450. The highest BCUT2D eigenvalue weighted by atomic mass is 19.1. The summed E-state index contributed by atoms with van der Waals surface area (Å²) in [4.78, 5) is 12.4. The first-order valence-corrected chi connectivity index (χ1v) is 12.1. The van der Waals surface area contributed by atoms with E-state index >= 15 is 0 Å². The Kier molecular flexibility index (Phi) is 5.70. The molecule has 6 rings (SSSR count). The number of fused-ring (bicyclic) bond motifs is 2. The molecule has 0 atom stereocenters. The molecule has 0 saturated carbocycles. The highest BCUT2D eigenvalue weighted by molar-refractivity contribution is 6.07. The summed E-state index contributed by atoms with van der Waals surface area (Å²) in [6.45, 7) is 1.63. The second-order valence-corrected chi connectivity index (χ2v) is 9.38. The van der Waals surface area contributed by atoms with Gasteiger partial charge in [0.05, 0.1) is 11.2 Å². The molecule has 2 heterocycles. The summed E-state index contributed by atoms with van der Waals surface area (Å²) < 4.78 is 30.4. The summed E-state index contributed by atoms with van der Waals surface area (Å²) in [5.74, 6) is -0.00912. The first-order valence-electron chi connectivity index (χ1n) is 12.1. The van der Waals surface area contributed by atoms with Crippen molar-refractivity contribution in [3.8, 4) is 16.9 Å². The molecule has 4 aromatic carbocycles. The number of carbonyl (C=O) groups excluding carboxylic acids is 1. The van der Waals surface area contributed by atoms with Gasteiger partial charge in [-0.1, -0.05) is 36.4 Å². The topological polar surface area (TPSA) is 65.0 Å². The molecule has 1 N–H and O–H groups in total. The molecule has 36 heavy (non-hydrogen) atoms. The van der Waals surface area contributed by atoms with Crippen LogP contribution < -0.4 is 4.74 Å². The predicted octanol–water partition coefficient (Wildman–Crippen LogP) is 5.89. The Morgan fingerprint density at radius 3 is 2.58 bits per heavy atom. The van der Waals surface area contributed by atoms with Crippen LogP contribution >= 0.6 is 0 Å². The standard InChI is InChI=1S/C30H25FO5/c31-23-6-4-20(5-7-23)28-25-9-8-24(15-21(25)16-26-27(28)18-36-29(26)32)35-17-19-2-1-3-22(14-19)30(33)10-12-34-13-11-30/h1-9,14-16,33H,10-13,17-18H2. The summed E-state index contributed by atoms with van der Waals surface area (Å²) in [6.07, 6.45) is 1.15.